The molecule has 0 aliphatic carbocycles. The summed E-state index contributed by atoms with van der Waals surface area (Å²) in [5.74, 6) is 0. The lowest BCUT2D eigenvalue weighted by molar-refractivity contribution is 0.742. The van der Waals surface area contributed by atoms with E-state index in [0.717, 1.165) is 21.0 Å². The molecule has 4 aromatic rings. The summed E-state index contributed by atoms with van der Waals surface area (Å²) in [6.07, 6.45) is 0. The SMILES string of the molecule is Clc1ccc(Sc2nc3ccccc3c3nnnn23)cc1. The van der Waals surface area contributed by atoms with E-state index in [4.69, 9.17) is 11.6 Å². The molecule has 0 amide bonds. The van der Waals surface area contributed by atoms with Gasteiger partial charge in [0, 0.05) is 15.3 Å². The predicted molar refractivity (Wildman–Crippen MR) is 81.7 cm³/mol. The van der Waals surface area contributed by atoms with E-state index in [2.05, 4.69) is 20.5 Å². The van der Waals surface area contributed by atoms with E-state index in [1.54, 1.807) is 4.52 Å². The lowest BCUT2D eigenvalue weighted by atomic mass is 10.2. The van der Waals surface area contributed by atoms with Crippen molar-refractivity contribution in [1.29, 1.82) is 0 Å². The van der Waals surface area contributed by atoms with E-state index >= 15 is 0 Å². The van der Waals surface area contributed by atoms with Gasteiger partial charge in [0.15, 0.2) is 10.8 Å². The second-order valence-electron chi connectivity index (χ2n) is 4.38. The van der Waals surface area contributed by atoms with Crippen LogP contribution in [0.4, 0.5) is 0 Å². The normalized spacial score (nSPS) is 11.3. The Labute approximate surface area is 128 Å². The summed E-state index contributed by atoms with van der Waals surface area (Å²) in [6, 6.07) is 15.4. The summed E-state index contributed by atoms with van der Waals surface area (Å²) < 4.78 is 1.65. The fourth-order valence-electron chi connectivity index (χ4n) is 2.07. The number of hydrogen-bond donors (Lipinski definition) is 0. The molecule has 7 heteroatoms. The van der Waals surface area contributed by atoms with E-state index < -0.39 is 0 Å². The number of hydrogen-bond acceptors (Lipinski definition) is 5. The maximum atomic E-state index is 5.91. The van der Waals surface area contributed by atoms with Gasteiger partial charge in [-0.1, -0.05) is 23.7 Å². The molecule has 2 aromatic carbocycles. The van der Waals surface area contributed by atoms with Gasteiger partial charge in [0.25, 0.3) is 0 Å². The van der Waals surface area contributed by atoms with Gasteiger partial charge in [-0.25, -0.2) is 4.98 Å². The zero-order valence-electron chi connectivity index (χ0n) is 10.6. The first-order valence-electron chi connectivity index (χ1n) is 6.21. The topological polar surface area (TPSA) is 56.0 Å². The number of fused-ring (bicyclic) bond motifs is 3. The number of tetrazole rings is 1. The van der Waals surface area contributed by atoms with Crippen molar-refractivity contribution >= 4 is 39.9 Å². The van der Waals surface area contributed by atoms with Gasteiger partial charge in [0.05, 0.1) is 5.52 Å². The van der Waals surface area contributed by atoms with Gasteiger partial charge in [0.1, 0.15) is 0 Å². The number of aromatic nitrogens is 5. The molecule has 0 aliphatic rings. The van der Waals surface area contributed by atoms with Crippen LogP contribution in [0.1, 0.15) is 0 Å². The quantitative estimate of drug-likeness (QED) is 0.530. The highest BCUT2D eigenvalue weighted by molar-refractivity contribution is 7.99. The minimum Gasteiger partial charge on any atom is -0.222 e. The molecule has 21 heavy (non-hydrogen) atoms. The minimum absolute atomic E-state index is 0.706. The summed E-state index contributed by atoms with van der Waals surface area (Å²) in [6.45, 7) is 0. The van der Waals surface area contributed by atoms with Crippen LogP contribution in [-0.4, -0.2) is 25.0 Å². The first-order valence-corrected chi connectivity index (χ1v) is 7.41. The Kier molecular flexibility index (Phi) is 2.98. The Morgan fingerprint density at radius 1 is 1.00 bits per heavy atom. The van der Waals surface area contributed by atoms with Crippen LogP contribution in [0.25, 0.3) is 16.6 Å². The molecule has 0 unspecified atom stereocenters. The first kappa shape index (κ1) is 12.6. The fourth-order valence-corrected chi connectivity index (χ4v) is 3.03. The van der Waals surface area contributed by atoms with Crippen LogP contribution in [0.15, 0.2) is 58.6 Å². The van der Waals surface area contributed by atoms with Crippen molar-refractivity contribution in [2.75, 3.05) is 0 Å². The average molecular weight is 314 g/mol. The maximum absolute atomic E-state index is 5.91. The number of benzene rings is 2. The average Bonchev–Trinajstić information content (AvgIpc) is 3.00. The van der Waals surface area contributed by atoms with Gasteiger partial charge in [-0.05, 0) is 58.6 Å². The number of para-hydroxylation sites is 1. The summed E-state index contributed by atoms with van der Waals surface area (Å²) in [7, 11) is 0. The van der Waals surface area contributed by atoms with Crippen molar-refractivity contribution in [3.63, 3.8) is 0 Å². The molecular formula is C14H8ClN5S. The molecule has 0 bridgehead atoms. The Morgan fingerprint density at radius 3 is 2.67 bits per heavy atom. The van der Waals surface area contributed by atoms with Gasteiger partial charge >= 0.3 is 0 Å². The molecule has 2 heterocycles. The summed E-state index contributed by atoms with van der Waals surface area (Å²) in [4.78, 5) is 5.67. The van der Waals surface area contributed by atoms with Crippen LogP contribution < -0.4 is 0 Å². The van der Waals surface area contributed by atoms with Crippen LogP contribution >= 0.6 is 23.4 Å². The molecule has 0 spiro atoms. The van der Waals surface area contributed by atoms with Gasteiger partial charge in [-0.15, -0.1) is 5.10 Å². The Bertz CT molecular complexity index is 935. The fraction of sp³-hybridized carbons (Fsp3) is 0. The third kappa shape index (κ3) is 2.22. The monoisotopic (exact) mass is 313 g/mol. The van der Waals surface area contributed by atoms with Crippen LogP contribution in [0.5, 0.6) is 0 Å². The second kappa shape index (κ2) is 4.98. The van der Waals surface area contributed by atoms with Crippen molar-refractivity contribution in [1.82, 2.24) is 25.0 Å². The van der Waals surface area contributed by atoms with Crippen LogP contribution in [0.2, 0.25) is 5.02 Å². The van der Waals surface area contributed by atoms with Crippen molar-refractivity contribution in [2.45, 2.75) is 10.1 Å². The molecule has 5 nitrogen and oxygen atoms in total. The highest BCUT2D eigenvalue weighted by atomic mass is 35.5. The second-order valence-corrected chi connectivity index (χ2v) is 5.86. The summed E-state index contributed by atoms with van der Waals surface area (Å²) in [5.41, 5.74) is 1.58. The molecule has 0 aliphatic heterocycles. The largest absolute Gasteiger partial charge is 0.222 e. The highest BCUT2D eigenvalue weighted by Gasteiger charge is 2.12. The van der Waals surface area contributed by atoms with E-state index in [-0.39, 0.29) is 0 Å². The summed E-state index contributed by atoms with van der Waals surface area (Å²) >= 11 is 7.40. The lowest BCUT2D eigenvalue weighted by Gasteiger charge is -2.05. The van der Waals surface area contributed by atoms with Crippen LogP contribution in [-0.2, 0) is 0 Å². The summed E-state index contributed by atoms with van der Waals surface area (Å²) in [5, 5.41) is 14.2. The van der Waals surface area contributed by atoms with E-state index in [0.29, 0.717) is 10.7 Å². The molecule has 0 fully saturated rings. The van der Waals surface area contributed by atoms with Crippen molar-refractivity contribution in [2.24, 2.45) is 0 Å². The zero-order chi connectivity index (χ0) is 14.2. The molecular weight excluding hydrogens is 306 g/mol. The Balaban J connectivity index is 1.90. The van der Waals surface area contributed by atoms with E-state index in [1.807, 2.05) is 48.5 Å². The van der Waals surface area contributed by atoms with Crippen molar-refractivity contribution < 1.29 is 0 Å². The number of rotatable bonds is 2. The maximum Gasteiger partial charge on any atom is 0.198 e. The Morgan fingerprint density at radius 2 is 1.81 bits per heavy atom. The third-order valence-electron chi connectivity index (χ3n) is 3.03. The molecule has 4 rings (SSSR count). The zero-order valence-corrected chi connectivity index (χ0v) is 12.2. The van der Waals surface area contributed by atoms with E-state index in [1.165, 1.54) is 11.8 Å². The molecule has 0 radical (unpaired) electrons. The smallest absolute Gasteiger partial charge is 0.198 e. The molecule has 102 valence electrons. The lowest BCUT2D eigenvalue weighted by Crippen LogP contribution is -1.97. The van der Waals surface area contributed by atoms with Gasteiger partial charge in [0.2, 0.25) is 0 Å². The van der Waals surface area contributed by atoms with Crippen molar-refractivity contribution in [3.8, 4) is 0 Å². The van der Waals surface area contributed by atoms with Gasteiger partial charge in [-0.2, -0.15) is 4.52 Å². The van der Waals surface area contributed by atoms with Crippen molar-refractivity contribution in [3.05, 3.63) is 53.6 Å². The van der Waals surface area contributed by atoms with E-state index in [9.17, 15) is 0 Å². The highest BCUT2D eigenvalue weighted by Crippen LogP contribution is 2.29. The number of halogens is 1. The standard InChI is InChI=1S/C14H8ClN5S/c15-9-5-7-10(8-6-9)21-14-16-12-4-2-1-3-11(12)13-17-18-19-20(13)14/h1-8H. The Hall–Kier alpha value is -2.18. The molecule has 0 N–H and O–H groups in total. The third-order valence-corrected chi connectivity index (χ3v) is 4.24. The molecule has 0 atom stereocenters. The number of nitrogens with zero attached hydrogens (tertiary/aromatic N) is 5. The predicted octanol–water partition coefficient (Wildman–Crippen LogP) is 3.48. The van der Waals surface area contributed by atoms with Gasteiger partial charge in [-0.3, -0.25) is 0 Å². The molecule has 2 aromatic heterocycles. The minimum atomic E-state index is 0.706. The van der Waals surface area contributed by atoms with Gasteiger partial charge < -0.3 is 0 Å². The van der Waals surface area contributed by atoms with Crippen LogP contribution in [0.3, 0.4) is 0 Å². The molecule has 0 saturated heterocycles. The molecule has 0 saturated carbocycles. The first-order chi connectivity index (χ1) is 10.3. The van der Waals surface area contributed by atoms with Crippen LogP contribution in [0, 0.1) is 0 Å².